The standard InChI is InChI=1S/C19H25NO2/c1-12-6-7-18(22-5)17(8-12)15(4)20-11-16-9-13(2)19(21)14(3)10-16/h6-10,15,20-21H,11H2,1-5H3. The SMILES string of the molecule is COc1ccc(C)cc1C(C)NCc1cc(C)c(O)c(C)c1. The summed E-state index contributed by atoms with van der Waals surface area (Å²) in [4.78, 5) is 0. The van der Waals surface area contributed by atoms with Gasteiger partial charge in [-0.05, 0) is 50.5 Å². The van der Waals surface area contributed by atoms with Crippen molar-refractivity contribution in [3.63, 3.8) is 0 Å². The van der Waals surface area contributed by atoms with Crippen molar-refractivity contribution in [2.75, 3.05) is 7.11 Å². The minimum atomic E-state index is 0.185. The molecule has 3 heteroatoms. The van der Waals surface area contributed by atoms with Gasteiger partial charge in [0.05, 0.1) is 7.11 Å². The van der Waals surface area contributed by atoms with Crippen molar-refractivity contribution in [1.29, 1.82) is 0 Å². The zero-order chi connectivity index (χ0) is 16.3. The summed E-state index contributed by atoms with van der Waals surface area (Å²) in [5.41, 5.74) is 5.39. The Labute approximate surface area is 133 Å². The van der Waals surface area contributed by atoms with Crippen LogP contribution in [0.2, 0.25) is 0 Å². The molecule has 0 amide bonds. The molecule has 3 nitrogen and oxygen atoms in total. The number of aromatic hydroxyl groups is 1. The van der Waals surface area contributed by atoms with E-state index in [1.807, 2.05) is 32.0 Å². The summed E-state index contributed by atoms with van der Waals surface area (Å²) >= 11 is 0. The summed E-state index contributed by atoms with van der Waals surface area (Å²) in [7, 11) is 1.70. The first-order valence-corrected chi connectivity index (χ1v) is 7.59. The Kier molecular flexibility index (Phi) is 5.09. The Morgan fingerprint density at radius 1 is 1.09 bits per heavy atom. The summed E-state index contributed by atoms with van der Waals surface area (Å²) in [6, 6.07) is 10.5. The Bertz CT molecular complexity index is 641. The predicted octanol–water partition coefficient (Wildman–Crippen LogP) is 4.18. The van der Waals surface area contributed by atoms with Gasteiger partial charge in [0.1, 0.15) is 11.5 Å². The van der Waals surface area contributed by atoms with Crippen LogP contribution in [0.25, 0.3) is 0 Å². The second-order valence-electron chi connectivity index (χ2n) is 5.93. The molecular formula is C19H25NO2. The van der Waals surface area contributed by atoms with E-state index in [1.54, 1.807) is 7.11 Å². The van der Waals surface area contributed by atoms with Crippen molar-refractivity contribution in [1.82, 2.24) is 5.32 Å². The van der Waals surface area contributed by atoms with Gasteiger partial charge in [-0.25, -0.2) is 0 Å². The monoisotopic (exact) mass is 299 g/mol. The molecule has 0 bridgehead atoms. The lowest BCUT2D eigenvalue weighted by atomic mass is 10.0. The van der Waals surface area contributed by atoms with Crippen molar-refractivity contribution in [3.05, 3.63) is 58.1 Å². The van der Waals surface area contributed by atoms with Crippen LogP contribution in [-0.4, -0.2) is 12.2 Å². The van der Waals surface area contributed by atoms with Crippen LogP contribution in [0.4, 0.5) is 0 Å². The summed E-state index contributed by atoms with van der Waals surface area (Å²) in [5, 5.41) is 13.4. The van der Waals surface area contributed by atoms with Gasteiger partial charge in [-0.15, -0.1) is 0 Å². The van der Waals surface area contributed by atoms with E-state index in [1.165, 1.54) is 11.1 Å². The van der Waals surface area contributed by atoms with Crippen LogP contribution in [-0.2, 0) is 6.54 Å². The van der Waals surface area contributed by atoms with Gasteiger partial charge in [0.25, 0.3) is 0 Å². The molecular weight excluding hydrogens is 274 g/mol. The largest absolute Gasteiger partial charge is 0.507 e. The van der Waals surface area contributed by atoms with E-state index in [0.29, 0.717) is 5.75 Å². The molecule has 0 radical (unpaired) electrons. The highest BCUT2D eigenvalue weighted by atomic mass is 16.5. The third-order valence-corrected chi connectivity index (χ3v) is 4.01. The van der Waals surface area contributed by atoms with Crippen molar-refractivity contribution < 1.29 is 9.84 Å². The number of aryl methyl sites for hydroxylation is 3. The Morgan fingerprint density at radius 3 is 2.32 bits per heavy atom. The van der Waals surface area contributed by atoms with Crippen LogP contribution in [0.3, 0.4) is 0 Å². The average Bonchev–Trinajstić information content (AvgIpc) is 2.50. The normalized spacial score (nSPS) is 12.2. The van der Waals surface area contributed by atoms with Crippen LogP contribution in [0.1, 0.15) is 40.8 Å². The zero-order valence-corrected chi connectivity index (χ0v) is 14.0. The zero-order valence-electron chi connectivity index (χ0n) is 14.0. The first-order valence-electron chi connectivity index (χ1n) is 7.59. The highest BCUT2D eigenvalue weighted by molar-refractivity contribution is 5.42. The quantitative estimate of drug-likeness (QED) is 0.870. The third-order valence-electron chi connectivity index (χ3n) is 4.01. The minimum Gasteiger partial charge on any atom is -0.507 e. The molecule has 0 aliphatic carbocycles. The second kappa shape index (κ2) is 6.84. The molecule has 0 saturated heterocycles. The Morgan fingerprint density at radius 2 is 1.73 bits per heavy atom. The molecule has 2 aromatic rings. The Hall–Kier alpha value is -2.00. The fourth-order valence-electron chi connectivity index (χ4n) is 2.72. The maximum atomic E-state index is 9.85. The number of phenols is 1. The number of ether oxygens (including phenoxy) is 1. The van der Waals surface area contributed by atoms with E-state index in [9.17, 15) is 5.11 Å². The molecule has 0 spiro atoms. The average molecular weight is 299 g/mol. The van der Waals surface area contributed by atoms with E-state index in [0.717, 1.165) is 29.0 Å². The van der Waals surface area contributed by atoms with Crippen LogP contribution in [0.5, 0.6) is 11.5 Å². The first kappa shape index (κ1) is 16.4. The molecule has 0 fully saturated rings. The molecule has 1 atom stereocenters. The van der Waals surface area contributed by atoms with Crippen molar-refractivity contribution in [3.8, 4) is 11.5 Å². The second-order valence-corrected chi connectivity index (χ2v) is 5.93. The number of phenolic OH excluding ortho intramolecular Hbond substituents is 1. The maximum Gasteiger partial charge on any atom is 0.123 e. The number of nitrogens with one attached hydrogen (secondary N) is 1. The van der Waals surface area contributed by atoms with Crippen LogP contribution in [0, 0.1) is 20.8 Å². The molecule has 0 aliphatic rings. The highest BCUT2D eigenvalue weighted by Crippen LogP contribution is 2.27. The van der Waals surface area contributed by atoms with Crippen LogP contribution < -0.4 is 10.1 Å². The van der Waals surface area contributed by atoms with Crippen molar-refractivity contribution >= 4 is 0 Å². The van der Waals surface area contributed by atoms with Crippen LogP contribution in [0.15, 0.2) is 30.3 Å². The van der Waals surface area contributed by atoms with Crippen molar-refractivity contribution in [2.45, 2.75) is 40.3 Å². The van der Waals surface area contributed by atoms with Crippen LogP contribution >= 0.6 is 0 Å². The van der Waals surface area contributed by atoms with Gasteiger partial charge < -0.3 is 15.2 Å². The van der Waals surface area contributed by atoms with E-state index in [2.05, 4.69) is 31.3 Å². The van der Waals surface area contributed by atoms with E-state index >= 15 is 0 Å². The number of hydrogen-bond donors (Lipinski definition) is 2. The third kappa shape index (κ3) is 3.60. The van der Waals surface area contributed by atoms with Gasteiger partial charge in [-0.3, -0.25) is 0 Å². The van der Waals surface area contributed by atoms with Gasteiger partial charge in [0.15, 0.2) is 0 Å². The molecule has 118 valence electrons. The molecule has 0 saturated carbocycles. The summed E-state index contributed by atoms with van der Waals surface area (Å²) in [6.45, 7) is 8.83. The van der Waals surface area contributed by atoms with E-state index in [-0.39, 0.29) is 6.04 Å². The number of methoxy groups -OCH3 is 1. The molecule has 0 aliphatic heterocycles. The van der Waals surface area contributed by atoms with Gasteiger partial charge in [-0.1, -0.05) is 29.8 Å². The fraction of sp³-hybridized carbons (Fsp3) is 0.368. The van der Waals surface area contributed by atoms with Gasteiger partial charge in [0, 0.05) is 18.2 Å². The van der Waals surface area contributed by atoms with E-state index < -0.39 is 0 Å². The summed E-state index contributed by atoms with van der Waals surface area (Å²) < 4.78 is 5.45. The number of rotatable bonds is 5. The molecule has 2 N–H and O–H groups in total. The molecule has 22 heavy (non-hydrogen) atoms. The van der Waals surface area contributed by atoms with Gasteiger partial charge >= 0.3 is 0 Å². The maximum absolute atomic E-state index is 9.85. The molecule has 2 aromatic carbocycles. The number of benzene rings is 2. The van der Waals surface area contributed by atoms with Gasteiger partial charge in [0.2, 0.25) is 0 Å². The lowest BCUT2D eigenvalue weighted by Crippen LogP contribution is -2.19. The lowest BCUT2D eigenvalue weighted by molar-refractivity contribution is 0.401. The topological polar surface area (TPSA) is 41.5 Å². The molecule has 0 heterocycles. The smallest absolute Gasteiger partial charge is 0.123 e. The first-order chi connectivity index (χ1) is 10.4. The molecule has 0 aromatic heterocycles. The Balaban J connectivity index is 2.13. The minimum absolute atomic E-state index is 0.185. The van der Waals surface area contributed by atoms with E-state index in [4.69, 9.17) is 4.74 Å². The highest BCUT2D eigenvalue weighted by Gasteiger charge is 2.12. The number of hydrogen-bond acceptors (Lipinski definition) is 3. The summed E-state index contributed by atoms with van der Waals surface area (Å²) in [6.07, 6.45) is 0. The van der Waals surface area contributed by atoms with Gasteiger partial charge in [-0.2, -0.15) is 0 Å². The molecule has 1 unspecified atom stereocenters. The predicted molar refractivity (Wildman–Crippen MR) is 90.6 cm³/mol. The fourth-order valence-corrected chi connectivity index (χ4v) is 2.72. The molecule has 2 rings (SSSR count). The summed E-state index contributed by atoms with van der Waals surface area (Å²) in [5.74, 6) is 1.29. The van der Waals surface area contributed by atoms with Crippen molar-refractivity contribution in [2.24, 2.45) is 0 Å². The lowest BCUT2D eigenvalue weighted by Gasteiger charge is -2.18.